The summed E-state index contributed by atoms with van der Waals surface area (Å²) in [5.74, 6) is -0.0223. The lowest BCUT2D eigenvalue weighted by molar-refractivity contribution is -0.116. The summed E-state index contributed by atoms with van der Waals surface area (Å²) in [6, 6.07) is 7.58. The molecule has 3 N–H and O–H groups in total. The minimum atomic E-state index is -0.0223. The van der Waals surface area contributed by atoms with E-state index in [4.69, 9.17) is 10.5 Å². The van der Waals surface area contributed by atoms with Crippen LogP contribution in [0.2, 0.25) is 0 Å². The molecule has 0 radical (unpaired) electrons. The zero-order chi connectivity index (χ0) is 15.0. The molecule has 5 heteroatoms. The molecule has 0 saturated carbocycles. The molecule has 0 spiro atoms. The molecule has 0 fully saturated rings. The normalized spacial score (nSPS) is 12.4. The number of benzene rings is 1. The maximum absolute atomic E-state index is 11.9. The molecular formula is C15H25N3O2. The number of para-hydroxylation sites is 2. The van der Waals surface area contributed by atoms with Crippen LogP contribution in [0.4, 0.5) is 11.4 Å². The molecule has 0 aliphatic heterocycles. The predicted octanol–water partition coefficient (Wildman–Crippen LogP) is 1.95. The molecule has 1 unspecified atom stereocenters. The number of hydrogen-bond donors (Lipinski definition) is 2. The molecule has 1 aromatic carbocycles. The Morgan fingerprint density at radius 1 is 1.45 bits per heavy atom. The molecule has 0 aliphatic rings. The highest BCUT2D eigenvalue weighted by molar-refractivity contribution is 5.93. The minimum Gasteiger partial charge on any atom is -0.397 e. The molecule has 0 aliphatic carbocycles. The van der Waals surface area contributed by atoms with E-state index in [0.717, 1.165) is 6.54 Å². The van der Waals surface area contributed by atoms with Crippen molar-refractivity contribution in [1.82, 2.24) is 4.90 Å². The van der Waals surface area contributed by atoms with Crippen LogP contribution in [0, 0.1) is 0 Å². The average Bonchev–Trinajstić information content (AvgIpc) is 2.42. The molecule has 0 saturated heterocycles. The molecule has 5 nitrogen and oxygen atoms in total. The number of nitrogen functional groups attached to an aromatic ring is 1. The van der Waals surface area contributed by atoms with Crippen LogP contribution in [0.25, 0.3) is 0 Å². The van der Waals surface area contributed by atoms with Crippen LogP contribution < -0.4 is 11.1 Å². The van der Waals surface area contributed by atoms with E-state index in [9.17, 15) is 4.79 Å². The quantitative estimate of drug-likeness (QED) is 0.714. The molecule has 1 rings (SSSR count). The van der Waals surface area contributed by atoms with E-state index in [1.54, 1.807) is 19.2 Å². The Kier molecular flexibility index (Phi) is 7.04. The van der Waals surface area contributed by atoms with Crippen molar-refractivity contribution in [2.24, 2.45) is 0 Å². The summed E-state index contributed by atoms with van der Waals surface area (Å²) in [6.07, 6.45) is 0.441. The monoisotopic (exact) mass is 279 g/mol. The number of carbonyl (C=O) groups excluding carboxylic acids is 1. The summed E-state index contributed by atoms with van der Waals surface area (Å²) in [6.45, 7) is 6.45. The van der Waals surface area contributed by atoms with Crippen molar-refractivity contribution in [3.8, 4) is 0 Å². The van der Waals surface area contributed by atoms with E-state index in [-0.39, 0.29) is 5.91 Å². The van der Waals surface area contributed by atoms with Crippen molar-refractivity contribution in [3.05, 3.63) is 24.3 Å². The largest absolute Gasteiger partial charge is 0.397 e. The van der Waals surface area contributed by atoms with Crippen LogP contribution >= 0.6 is 0 Å². The van der Waals surface area contributed by atoms with Crippen LogP contribution in [0.15, 0.2) is 24.3 Å². The second kappa shape index (κ2) is 8.55. The number of rotatable bonds is 8. The van der Waals surface area contributed by atoms with Gasteiger partial charge in [0.2, 0.25) is 5.91 Å². The van der Waals surface area contributed by atoms with Crippen molar-refractivity contribution in [3.63, 3.8) is 0 Å². The number of carbonyl (C=O) groups is 1. The molecular weight excluding hydrogens is 254 g/mol. The van der Waals surface area contributed by atoms with Gasteiger partial charge in [-0.3, -0.25) is 9.69 Å². The van der Waals surface area contributed by atoms with E-state index in [1.165, 1.54) is 0 Å². The molecule has 0 aromatic heterocycles. The van der Waals surface area contributed by atoms with Crippen molar-refractivity contribution in [2.45, 2.75) is 26.3 Å². The Balaban J connectivity index is 2.44. The van der Waals surface area contributed by atoms with Gasteiger partial charge < -0.3 is 15.8 Å². The molecule has 1 aromatic rings. The highest BCUT2D eigenvalue weighted by Crippen LogP contribution is 2.16. The average molecular weight is 279 g/mol. The van der Waals surface area contributed by atoms with E-state index in [2.05, 4.69) is 24.1 Å². The number of nitrogens with one attached hydrogen (secondary N) is 1. The van der Waals surface area contributed by atoms with E-state index in [0.29, 0.717) is 37.0 Å². The molecule has 1 atom stereocenters. The second-order valence-corrected chi connectivity index (χ2v) is 4.82. The van der Waals surface area contributed by atoms with Gasteiger partial charge in [0, 0.05) is 26.1 Å². The summed E-state index contributed by atoms with van der Waals surface area (Å²) < 4.78 is 5.15. The number of likely N-dealkylation sites (N-methyl/N-ethyl adjacent to an activating group) is 1. The first-order chi connectivity index (χ1) is 9.58. The highest BCUT2D eigenvalue weighted by Gasteiger charge is 2.13. The van der Waals surface area contributed by atoms with Crippen molar-refractivity contribution in [1.29, 1.82) is 0 Å². The fourth-order valence-electron chi connectivity index (χ4n) is 2.11. The number of hydrogen-bond acceptors (Lipinski definition) is 4. The summed E-state index contributed by atoms with van der Waals surface area (Å²) in [7, 11) is 1.69. The Labute approximate surface area is 121 Å². The van der Waals surface area contributed by atoms with Crippen molar-refractivity contribution in [2.75, 3.05) is 37.9 Å². The molecule has 112 valence electrons. The zero-order valence-corrected chi connectivity index (χ0v) is 12.6. The summed E-state index contributed by atoms with van der Waals surface area (Å²) in [4.78, 5) is 14.2. The van der Waals surface area contributed by atoms with Gasteiger partial charge in [-0.05, 0) is 25.6 Å². The van der Waals surface area contributed by atoms with E-state index < -0.39 is 0 Å². The first-order valence-electron chi connectivity index (χ1n) is 6.95. The predicted molar refractivity (Wildman–Crippen MR) is 82.7 cm³/mol. The van der Waals surface area contributed by atoms with Gasteiger partial charge in [-0.25, -0.2) is 0 Å². The lowest BCUT2D eigenvalue weighted by Gasteiger charge is -2.26. The fraction of sp³-hybridized carbons (Fsp3) is 0.533. The second-order valence-electron chi connectivity index (χ2n) is 4.82. The third-order valence-corrected chi connectivity index (χ3v) is 3.30. The van der Waals surface area contributed by atoms with Gasteiger partial charge in [-0.15, -0.1) is 0 Å². The van der Waals surface area contributed by atoms with E-state index in [1.807, 2.05) is 12.1 Å². The lowest BCUT2D eigenvalue weighted by Crippen LogP contribution is -2.38. The van der Waals surface area contributed by atoms with Gasteiger partial charge in [0.15, 0.2) is 0 Å². The van der Waals surface area contributed by atoms with Crippen LogP contribution in [0.1, 0.15) is 20.3 Å². The van der Waals surface area contributed by atoms with Gasteiger partial charge in [-0.1, -0.05) is 19.1 Å². The summed E-state index contributed by atoms with van der Waals surface area (Å²) in [5, 5.41) is 2.84. The number of nitrogens with two attached hydrogens (primary N) is 1. The summed E-state index contributed by atoms with van der Waals surface area (Å²) in [5.41, 5.74) is 7.05. The number of amides is 1. The minimum absolute atomic E-state index is 0.0223. The maximum atomic E-state index is 11.9. The number of nitrogens with zero attached hydrogens (tertiary/aromatic N) is 1. The highest BCUT2D eigenvalue weighted by atomic mass is 16.5. The van der Waals surface area contributed by atoms with Gasteiger partial charge >= 0.3 is 0 Å². The van der Waals surface area contributed by atoms with Gasteiger partial charge in [0.05, 0.1) is 18.0 Å². The lowest BCUT2D eigenvalue weighted by atomic mass is 10.2. The molecule has 0 heterocycles. The van der Waals surface area contributed by atoms with Crippen LogP contribution in [0.5, 0.6) is 0 Å². The van der Waals surface area contributed by atoms with E-state index >= 15 is 0 Å². The standard InChI is InChI=1S/C15H25N3O2/c1-4-18(12(2)11-20-3)10-9-15(19)17-14-8-6-5-7-13(14)16/h5-8,12H,4,9-11,16H2,1-3H3,(H,17,19). The SMILES string of the molecule is CCN(CCC(=O)Nc1ccccc1N)C(C)COC. The Hall–Kier alpha value is -1.59. The summed E-state index contributed by atoms with van der Waals surface area (Å²) >= 11 is 0. The third-order valence-electron chi connectivity index (χ3n) is 3.30. The smallest absolute Gasteiger partial charge is 0.225 e. The van der Waals surface area contributed by atoms with Crippen molar-refractivity contribution < 1.29 is 9.53 Å². The number of anilines is 2. The first kappa shape index (κ1) is 16.5. The van der Waals surface area contributed by atoms with Crippen LogP contribution in [-0.4, -0.2) is 43.7 Å². The molecule has 1 amide bonds. The maximum Gasteiger partial charge on any atom is 0.225 e. The first-order valence-corrected chi connectivity index (χ1v) is 6.95. The van der Waals surface area contributed by atoms with Gasteiger partial charge in [-0.2, -0.15) is 0 Å². The zero-order valence-electron chi connectivity index (χ0n) is 12.6. The fourth-order valence-corrected chi connectivity index (χ4v) is 2.11. The number of ether oxygens (including phenoxy) is 1. The van der Waals surface area contributed by atoms with Gasteiger partial charge in [0.25, 0.3) is 0 Å². The van der Waals surface area contributed by atoms with Gasteiger partial charge in [0.1, 0.15) is 0 Å². The Morgan fingerprint density at radius 2 is 2.15 bits per heavy atom. The Morgan fingerprint density at radius 3 is 2.75 bits per heavy atom. The van der Waals surface area contributed by atoms with Crippen molar-refractivity contribution >= 4 is 17.3 Å². The Bertz CT molecular complexity index is 423. The van der Waals surface area contributed by atoms with Crippen LogP contribution in [0.3, 0.4) is 0 Å². The number of methoxy groups -OCH3 is 1. The van der Waals surface area contributed by atoms with Crippen LogP contribution in [-0.2, 0) is 9.53 Å². The molecule has 0 bridgehead atoms. The third kappa shape index (κ3) is 5.19. The topological polar surface area (TPSA) is 67.6 Å². The molecule has 20 heavy (non-hydrogen) atoms.